The number of allylic oxidation sites excluding steroid dienone is 1. The molecule has 2 aliphatic rings. The van der Waals surface area contributed by atoms with E-state index in [0.29, 0.717) is 6.42 Å². The van der Waals surface area contributed by atoms with E-state index in [1.54, 1.807) is 0 Å². The van der Waals surface area contributed by atoms with E-state index < -0.39 is 5.41 Å². The summed E-state index contributed by atoms with van der Waals surface area (Å²) in [5, 5.41) is 9.45. The van der Waals surface area contributed by atoms with E-state index in [2.05, 4.69) is 19.6 Å². The number of carbonyl (C=O) groups is 1. The summed E-state index contributed by atoms with van der Waals surface area (Å²) in [6.07, 6.45) is 5.39. The summed E-state index contributed by atoms with van der Waals surface area (Å²) in [5.41, 5.74) is -0.140. The number of ketones is 1. The van der Waals surface area contributed by atoms with Crippen molar-refractivity contribution in [1.29, 1.82) is 5.26 Å². The van der Waals surface area contributed by atoms with E-state index in [9.17, 15) is 10.1 Å². The van der Waals surface area contributed by atoms with Gasteiger partial charge in [-0.3, -0.25) is 4.79 Å². The Bertz CT molecular complexity index is 339. The number of hydrogen-bond donors (Lipinski definition) is 0. The van der Waals surface area contributed by atoms with Gasteiger partial charge in [0.05, 0.1) is 6.07 Å². The molecule has 0 saturated heterocycles. The van der Waals surface area contributed by atoms with Crippen LogP contribution in [0, 0.1) is 22.2 Å². The highest BCUT2D eigenvalue weighted by atomic mass is 16.1. The number of nitriles is 1. The van der Waals surface area contributed by atoms with E-state index >= 15 is 0 Å². The van der Waals surface area contributed by atoms with Crippen LogP contribution in [0.4, 0.5) is 0 Å². The fourth-order valence-electron chi connectivity index (χ4n) is 3.44. The molecule has 0 bridgehead atoms. The van der Waals surface area contributed by atoms with Crippen molar-refractivity contribution in [2.24, 2.45) is 10.8 Å². The smallest absolute Gasteiger partial charge is 0.157 e. The molecule has 2 aliphatic carbocycles. The fourth-order valence-corrected chi connectivity index (χ4v) is 3.44. The van der Waals surface area contributed by atoms with E-state index in [1.165, 1.54) is 0 Å². The Morgan fingerprint density at radius 3 is 2.47 bits per heavy atom. The second kappa shape index (κ2) is 3.20. The van der Waals surface area contributed by atoms with Crippen LogP contribution in [0.2, 0.25) is 0 Å². The maximum atomic E-state index is 12.1. The summed E-state index contributed by atoms with van der Waals surface area (Å²) in [4.78, 5) is 12.1. The van der Waals surface area contributed by atoms with Gasteiger partial charge in [-0.05, 0) is 43.1 Å². The number of hydrogen-bond acceptors (Lipinski definition) is 2. The molecule has 0 heterocycles. The van der Waals surface area contributed by atoms with Crippen LogP contribution in [-0.2, 0) is 4.79 Å². The quantitative estimate of drug-likeness (QED) is 0.568. The highest BCUT2D eigenvalue weighted by Crippen LogP contribution is 2.58. The molecule has 0 aromatic rings. The van der Waals surface area contributed by atoms with E-state index in [-0.39, 0.29) is 11.2 Å². The maximum Gasteiger partial charge on any atom is 0.157 e. The minimum atomic E-state index is -0.858. The minimum absolute atomic E-state index is 0.114. The lowest BCUT2D eigenvalue weighted by atomic mass is 9.49. The van der Waals surface area contributed by atoms with Gasteiger partial charge in [-0.25, -0.2) is 0 Å². The summed E-state index contributed by atoms with van der Waals surface area (Å²) >= 11 is 0. The van der Waals surface area contributed by atoms with Crippen molar-refractivity contribution < 1.29 is 4.79 Å². The van der Waals surface area contributed by atoms with Crippen LogP contribution < -0.4 is 0 Å². The Kier molecular flexibility index (Phi) is 2.22. The fraction of sp³-hybridized carbons (Fsp3) is 0.692. The van der Waals surface area contributed by atoms with Crippen LogP contribution in [0.5, 0.6) is 0 Å². The molecule has 0 N–H and O–H groups in total. The molecular weight excluding hydrogens is 186 g/mol. The molecule has 0 unspecified atom stereocenters. The van der Waals surface area contributed by atoms with Gasteiger partial charge in [-0.1, -0.05) is 13.5 Å². The lowest BCUT2D eigenvalue weighted by Crippen LogP contribution is -2.51. The van der Waals surface area contributed by atoms with Gasteiger partial charge in [0.1, 0.15) is 5.41 Å². The van der Waals surface area contributed by atoms with Crippen molar-refractivity contribution in [2.75, 3.05) is 0 Å². The molecule has 0 aromatic heterocycles. The number of rotatable bonds is 0. The summed E-state index contributed by atoms with van der Waals surface area (Å²) < 4.78 is 0. The molecule has 2 saturated carbocycles. The second-order valence-electron chi connectivity index (χ2n) is 5.16. The van der Waals surface area contributed by atoms with Crippen molar-refractivity contribution >= 4 is 5.78 Å². The molecular formula is C13H17NO. The van der Waals surface area contributed by atoms with E-state index in [0.717, 1.165) is 37.7 Å². The zero-order chi connectivity index (χ0) is 11.1. The molecule has 0 spiro atoms. The molecule has 2 fully saturated rings. The maximum absolute atomic E-state index is 12.1. The van der Waals surface area contributed by atoms with Crippen LogP contribution in [0.1, 0.15) is 45.4 Å². The lowest BCUT2D eigenvalue weighted by molar-refractivity contribution is -0.134. The Hall–Kier alpha value is -1.10. The molecule has 2 nitrogen and oxygen atoms in total. The predicted octanol–water partition coefficient (Wildman–Crippen LogP) is 3.00. The highest BCUT2D eigenvalue weighted by molar-refractivity contribution is 5.92. The first kappa shape index (κ1) is 10.4. The van der Waals surface area contributed by atoms with Crippen molar-refractivity contribution in [2.45, 2.75) is 45.4 Å². The van der Waals surface area contributed by atoms with Crippen molar-refractivity contribution in [1.82, 2.24) is 0 Å². The zero-order valence-corrected chi connectivity index (χ0v) is 9.31. The average molecular weight is 203 g/mol. The Morgan fingerprint density at radius 2 is 1.93 bits per heavy atom. The topological polar surface area (TPSA) is 40.9 Å². The number of nitrogens with zero attached hydrogens (tertiary/aromatic N) is 1. The predicted molar refractivity (Wildman–Crippen MR) is 58.0 cm³/mol. The van der Waals surface area contributed by atoms with Gasteiger partial charge < -0.3 is 0 Å². The zero-order valence-electron chi connectivity index (χ0n) is 9.31. The first-order chi connectivity index (χ1) is 7.07. The molecule has 2 heteroatoms. The molecule has 2 atom stereocenters. The number of fused-ring (bicyclic) bond motifs is 1. The van der Waals surface area contributed by atoms with Crippen LogP contribution >= 0.6 is 0 Å². The van der Waals surface area contributed by atoms with Crippen LogP contribution in [0.3, 0.4) is 0 Å². The standard InChI is InChI=1S/C13H17NO/c1-10-5-3-7-12(2)8-4-6-11(15)13(10,12)9-14/h1,3-8H2,2H3/t12-,13+/m1/s1. The van der Waals surface area contributed by atoms with Gasteiger partial charge in [-0.15, -0.1) is 0 Å². The highest BCUT2D eigenvalue weighted by Gasteiger charge is 2.58. The van der Waals surface area contributed by atoms with Gasteiger partial charge in [0.25, 0.3) is 0 Å². The molecule has 15 heavy (non-hydrogen) atoms. The molecule has 0 radical (unpaired) electrons. The summed E-state index contributed by atoms with van der Waals surface area (Å²) in [6.45, 7) is 6.09. The van der Waals surface area contributed by atoms with E-state index in [4.69, 9.17) is 0 Å². The molecule has 2 rings (SSSR count). The summed E-state index contributed by atoms with van der Waals surface area (Å²) in [7, 11) is 0. The first-order valence-electron chi connectivity index (χ1n) is 5.70. The monoisotopic (exact) mass is 203 g/mol. The van der Waals surface area contributed by atoms with Gasteiger partial charge in [0, 0.05) is 6.42 Å². The number of Topliss-reactive ketones (excluding diaryl/α,β-unsaturated/α-hetero) is 1. The summed E-state index contributed by atoms with van der Waals surface area (Å²) in [6, 6.07) is 2.31. The Balaban J connectivity index is 2.55. The van der Waals surface area contributed by atoms with Gasteiger partial charge in [0.2, 0.25) is 0 Å². The van der Waals surface area contributed by atoms with Crippen molar-refractivity contribution in [3.63, 3.8) is 0 Å². The third kappa shape index (κ3) is 1.13. The number of carbonyl (C=O) groups excluding carboxylic acids is 1. The van der Waals surface area contributed by atoms with E-state index in [1.807, 2.05) is 0 Å². The van der Waals surface area contributed by atoms with Crippen molar-refractivity contribution in [3.8, 4) is 6.07 Å². The Labute approximate surface area is 91.0 Å². The van der Waals surface area contributed by atoms with Gasteiger partial charge >= 0.3 is 0 Å². The van der Waals surface area contributed by atoms with Crippen molar-refractivity contribution in [3.05, 3.63) is 12.2 Å². The first-order valence-corrected chi connectivity index (χ1v) is 5.70. The summed E-state index contributed by atoms with van der Waals surface area (Å²) in [5.74, 6) is 0.114. The van der Waals surface area contributed by atoms with Gasteiger partial charge in [-0.2, -0.15) is 5.26 Å². The lowest BCUT2D eigenvalue weighted by Gasteiger charge is -2.50. The van der Waals surface area contributed by atoms with Crippen LogP contribution in [-0.4, -0.2) is 5.78 Å². The Morgan fingerprint density at radius 1 is 1.33 bits per heavy atom. The van der Waals surface area contributed by atoms with Crippen LogP contribution in [0.15, 0.2) is 12.2 Å². The SMILES string of the molecule is C=C1CCC[C@]2(C)CCCC(=O)[C@]12C#N. The average Bonchev–Trinajstić information content (AvgIpc) is 2.18. The normalized spacial score (nSPS) is 40.8. The van der Waals surface area contributed by atoms with Gasteiger partial charge in [0.15, 0.2) is 5.78 Å². The minimum Gasteiger partial charge on any atom is -0.298 e. The van der Waals surface area contributed by atoms with Crippen LogP contribution in [0.25, 0.3) is 0 Å². The molecule has 0 aliphatic heterocycles. The molecule has 0 aromatic carbocycles. The largest absolute Gasteiger partial charge is 0.298 e. The molecule has 80 valence electrons. The second-order valence-corrected chi connectivity index (χ2v) is 5.16. The third-order valence-corrected chi connectivity index (χ3v) is 4.36. The molecule has 0 amide bonds. The third-order valence-electron chi connectivity index (χ3n) is 4.36.